The molecule has 1 fully saturated rings. The van der Waals surface area contributed by atoms with Crippen molar-refractivity contribution in [2.75, 3.05) is 0 Å². The minimum atomic E-state index is -2.67. The standard InChI is InChI=1S/C18H13N5O2.C18H18N4O.C17H14N4O.C15H10F2N4O.C12H10N6O2.C12H10N6O/c1-2-13-15(22-16-12(8-19)9-21-23(16)18(13)24)17-20-10-14(25-17)11-6-4-3-5-7-11;1-12(2)16-15(9-8-13-6-4-3-5-7-13)21-17-14(10-19)11-20-22(17)18(16)23;18-9-13-10-19-21-16(13)20-15(12-5-2-1-3-6-12)14(17(21)22)11-7-4-8-11;16-12(17)6-11-13(9-4-2-1-3-5-9)20-14-10(7-18)8-19-21(14)15(11)22;1-3-8-9(11-17-16-6(2)20-11)15-10-7(4-13)5-14-18(10)12(8)19;1-2-8-9(10-14-3-4-15-10)17-11-7(5-13)6-16-18(11)12(8)19/h3-7,9-10,21H,2H2,1H3;3-7,11-12,20H,8-9H2,1-2H3;1-3,5-6,10-11,19H,4,7-8H2;1-5,8,12,19H,6H2;5,14H,3H2,1-2H3;3-4,6,16H,2H2,1H3,(H,14,15). The van der Waals surface area contributed by atoms with Gasteiger partial charge in [-0.2, -0.15) is 31.6 Å². The molecule has 4 aromatic carbocycles. The van der Waals surface area contributed by atoms with Gasteiger partial charge in [-0.3, -0.25) is 59.4 Å². The SMILES string of the molecule is CC(C)c1c(CCc2ccccc2)nc2c(C#N)c[nH]n2c1=O.CCc1c(-c2ncc(-c3ccccc3)o2)nc2c(C#N)c[nH]n2c1=O.CCc1c(-c2ncc[nH]2)nc2c(C#N)c[nH]n2c1=O.CCc1c(-c2nnc(C)o2)nc2c(C#N)c[nH]n2c1=O.N#Cc1c[nH]n2c(=O)c(C3CCC3)c(-c3ccccc3)nc12.N#Cc1c[nH]n2c(=O)c(CC(F)F)c(-c3ccccc3)nc12. The molecular formula is C92H75F2N29O8. The number of imidazole rings is 1. The smallest absolute Gasteiger partial charge is 0.276 e. The number of nitrogens with one attached hydrogen (secondary N) is 7. The van der Waals surface area contributed by atoms with E-state index in [1.165, 1.54) is 65.3 Å². The van der Waals surface area contributed by atoms with Gasteiger partial charge in [-0.05, 0) is 62.3 Å². The number of alkyl halides is 2. The topological polar surface area (TPSA) is 537 Å². The molecule has 650 valence electrons. The van der Waals surface area contributed by atoms with Gasteiger partial charge in [0.1, 0.15) is 86.9 Å². The van der Waals surface area contributed by atoms with E-state index < -0.39 is 18.4 Å². The van der Waals surface area contributed by atoms with E-state index in [2.05, 4.69) is 110 Å². The molecule has 0 atom stereocenters. The second-order valence-corrected chi connectivity index (χ2v) is 29.8. The number of nitriles is 6. The maximum atomic E-state index is 12.9. The number of nitrogens with zero attached hydrogens (tertiary/aromatic N) is 22. The summed E-state index contributed by atoms with van der Waals surface area (Å²) in [6, 6.07) is 50.1. The lowest BCUT2D eigenvalue weighted by atomic mass is 9.79. The Kier molecular flexibility index (Phi) is 25.7. The monoisotopic (exact) mass is 1750 g/mol. The van der Waals surface area contributed by atoms with Gasteiger partial charge in [0.15, 0.2) is 45.5 Å². The molecule has 0 radical (unpaired) electrons. The lowest BCUT2D eigenvalue weighted by Gasteiger charge is -2.26. The van der Waals surface area contributed by atoms with Gasteiger partial charge in [0.2, 0.25) is 18.2 Å². The zero-order chi connectivity index (χ0) is 92.3. The van der Waals surface area contributed by atoms with Crippen LogP contribution < -0.4 is 33.4 Å². The Bertz CT molecular complexity index is 8160. The quantitative estimate of drug-likeness (QED) is 0.0472. The summed E-state index contributed by atoms with van der Waals surface area (Å²) in [7, 11) is 0. The van der Waals surface area contributed by atoms with Gasteiger partial charge in [0, 0.05) is 96.3 Å². The van der Waals surface area contributed by atoms with Crippen molar-refractivity contribution < 1.29 is 17.6 Å². The van der Waals surface area contributed by atoms with Gasteiger partial charge in [-0.25, -0.2) is 75.7 Å². The molecule has 0 unspecified atom stereocenters. The number of hydrogen-bond acceptors (Lipinski definition) is 24. The lowest BCUT2D eigenvalue weighted by molar-refractivity contribution is 0.148. The third-order valence-electron chi connectivity index (χ3n) is 21.5. The first-order valence-corrected chi connectivity index (χ1v) is 41.1. The summed E-state index contributed by atoms with van der Waals surface area (Å²) in [5.41, 5.74) is 11.4. The minimum absolute atomic E-state index is 0.0755. The zero-order valence-corrected chi connectivity index (χ0v) is 70.7. The highest BCUT2D eigenvalue weighted by Crippen LogP contribution is 2.39. The van der Waals surface area contributed by atoms with Crippen LogP contribution in [-0.4, -0.2) is 119 Å². The molecule has 0 amide bonds. The van der Waals surface area contributed by atoms with Gasteiger partial charge in [-0.1, -0.05) is 162 Å². The Morgan fingerprint density at radius 2 is 0.824 bits per heavy atom. The number of rotatable bonds is 16. The van der Waals surface area contributed by atoms with E-state index in [1.807, 2.05) is 138 Å². The third kappa shape index (κ3) is 17.5. The highest BCUT2D eigenvalue weighted by Gasteiger charge is 2.31. The van der Waals surface area contributed by atoms with Crippen LogP contribution in [0.15, 0.2) is 215 Å². The molecular weight excluding hydrogens is 1680 g/mol. The molecule has 15 aromatic heterocycles. The predicted octanol–water partition coefficient (Wildman–Crippen LogP) is 12.4. The molecule has 0 bridgehead atoms. The molecule has 7 N–H and O–H groups in total. The highest BCUT2D eigenvalue weighted by atomic mass is 19.3. The normalized spacial score (nSPS) is 11.5. The number of fused-ring (bicyclic) bond motifs is 6. The average Bonchev–Trinajstić information content (AvgIpc) is 1.75. The van der Waals surface area contributed by atoms with Crippen LogP contribution in [0.1, 0.15) is 150 Å². The Morgan fingerprint density at radius 1 is 0.435 bits per heavy atom. The van der Waals surface area contributed by atoms with E-state index >= 15 is 0 Å². The van der Waals surface area contributed by atoms with Crippen molar-refractivity contribution in [3.05, 3.63) is 323 Å². The van der Waals surface area contributed by atoms with Crippen molar-refractivity contribution in [2.24, 2.45) is 0 Å². The summed E-state index contributed by atoms with van der Waals surface area (Å²) in [4.78, 5) is 113. The second kappa shape index (κ2) is 38.5. The number of aromatic nitrogens is 23. The van der Waals surface area contributed by atoms with Crippen LogP contribution in [0.4, 0.5) is 8.78 Å². The van der Waals surface area contributed by atoms with Crippen molar-refractivity contribution in [2.45, 2.75) is 118 Å². The molecule has 0 aliphatic heterocycles. The van der Waals surface area contributed by atoms with Crippen LogP contribution in [0.5, 0.6) is 0 Å². The van der Waals surface area contributed by atoms with Crippen molar-refractivity contribution in [1.29, 1.82) is 31.6 Å². The van der Waals surface area contributed by atoms with Gasteiger partial charge in [0.25, 0.3) is 39.2 Å². The molecule has 1 saturated carbocycles. The molecule has 0 saturated heterocycles. The van der Waals surface area contributed by atoms with Crippen LogP contribution in [0.3, 0.4) is 0 Å². The first-order valence-electron chi connectivity index (χ1n) is 41.1. The summed E-state index contributed by atoms with van der Waals surface area (Å²) >= 11 is 0. The van der Waals surface area contributed by atoms with E-state index in [4.69, 9.17) is 29.9 Å². The maximum Gasteiger partial charge on any atom is 0.276 e. The molecule has 1 aliphatic carbocycles. The predicted molar refractivity (Wildman–Crippen MR) is 473 cm³/mol. The van der Waals surface area contributed by atoms with E-state index in [0.29, 0.717) is 127 Å². The maximum absolute atomic E-state index is 12.9. The first-order chi connectivity index (χ1) is 63.7. The number of H-pyrrole nitrogens is 7. The van der Waals surface area contributed by atoms with Gasteiger partial charge in [-0.15, -0.1) is 10.2 Å². The van der Waals surface area contributed by atoms with Crippen molar-refractivity contribution in [3.63, 3.8) is 0 Å². The molecule has 20 rings (SSSR count). The Hall–Kier alpha value is -18.2. The number of oxazole rings is 1. The van der Waals surface area contributed by atoms with Crippen molar-refractivity contribution in [1.82, 2.24) is 113 Å². The Balaban J connectivity index is 0.000000121. The van der Waals surface area contributed by atoms with Gasteiger partial charge < -0.3 is 13.8 Å². The van der Waals surface area contributed by atoms with Crippen molar-refractivity contribution in [3.8, 4) is 105 Å². The fraction of sp³-hybridized carbons (Fsp3) is 0.196. The van der Waals surface area contributed by atoms with Crippen LogP contribution in [0, 0.1) is 74.9 Å². The second-order valence-electron chi connectivity index (χ2n) is 29.8. The number of halogens is 2. The highest BCUT2D eigenvalue weighted by molar-refractivity contribution is 5.71. The molecule has 1 aliphatic rings. The first kappa shape index (κ1) is 87.7. The Morgan fingerprint density at radius 3 is 1.23 bits per heavy atom. The fourth-order valence-corrected chi connectivity index (χ4v) is 14.9. The van der Waals surface area contributed by atoms with Crippen LogP contribution in [0.25, 0.3) is 102 Å². The van der Waals surface area contributed by atoms with E-state index in [-0.39, 0.29) is 96.3 Å². The number of benzene rings is 4. The van der Waals surface area contributed by atoms with Crippen LogP contribution >= 0.6 is 0 Å². The molecule has 0 spiro atoms. The molecule has 19 aromatic rings. The van der Waals surface area contributed by atoms with E-state index in [1.54, 1.807) is 55.8 Å². The fourth-order valence-electron chi connectivity index (χ4n) is 14.9. The summed E-state index contributed by atoms with van der Waals surface area (Å²) < 4.78 is 44.4. The molecule has 131 heavy (non-hydrogen) atoms. The molecule has 39 heteroatoms. The summed E-state index contributed by atoms with van der Waals surface area (Å²) in [5, 5.41) is 78.7. The third-order valence-corrected chi connectivity index (χ3v) is 21.5. The number of hydrogen-bond donors (Lipinski definition) is 7. The van der Waals surface area contributed by atoms with E-state index in [9.17, 15) is 48.1 Å². The largest absolute Gasteiger partial charge is 0.435 e. The van der Waals surface area contributed by atoms with Gasteiger partial charge >= 0.3 is 0 Å². The molecule has 15 heterocycles. The average molecular weight is 1750 g/mol. The summed E-state index contributed by atoms with van der Waals surface area (Å²) in [6.45, 7) is 11.2. The Labute approximate surface area is 737 Å². The summed E-state index contributed by atoms with van der Waals surface area (Å²) in [5.74, 6) is 2.30. The van der Waals surface area contributed by atoms with Crippen LogP contribution in [-0.2, 0) is 38.5 Å². The number of aromatic amines is 7. The van der Waals surface area contributed by atoms with E-state index in [0.717, 1.165) is 52.6 Å². The lowest BCUT2D eigenvalue weighted by Crippen LogP contribution is -2.26. The number of aryl methyl sites for hydroxylation is 3. The zero-order valence-electron chi connectivity index (χ0n) is 70.7. The summed E-state index contributed by atoms with van der Waals surface area (Å²) in [6.07, 6.45) is 16.4. The van der Waals surface area contributed by atoms with Gasteiger partial charge in [0.05, 0.1) is 40.0 Å². The minimum Gasteiger partial charge on any atom is -0.435 e. The van der Waals surface area contributed by atoms with Crippen molar-refractivity contribution >= 4 is 33.9 Å². The molecule has 37 nitrogen and oxygen atoms in total. The van der Waals surface area contributed by atoms with Crippen LogP contribution in [0.2, 0.25) is 0 Å².